The van der Waals surface area contributed by atoms with Crippen LogP contribution < -0.4 is 5.32 Å². The van der Waals surface area contributed by atoms with Gasteiger partial charge in [0.25, 0.3) is 0 Å². The molecule has 0 aliphatic carbocycles. The number of carbonyl (C=O) groups is 2. The van der Waals surface area contributed by atoms with Gasteiger partial charge < -0.3 is 14.8 Å². The van der Waals surface area contributed by atoms with Crippen LogP contribution in [0.5, 0.6) is 0 Å². The first kappa shape index (κ1) is 14.1. The van der Waals surface area contributed by atoms with Crippen molar-refractivity contribution in [2.45, 2.75) is 25.8 Å². The van der Waals surface area contributed by atoms with Gasteiger partial charge in [0.2, 0.25) is 0 Å². The predicted octanol–water partition coefficient (Wildman–Crippen LogP) is 0.984. The maximum absolute atomic E-state index is 11.1. The van der Waals surface area contributed by atoms with Crippen molar-refractivity contribution in [1.82, 2.24) is 5.32 Å². The number of thiol groups is 1. The fourth-order valence-corrected chi connectivity index (χ4v) is 1.05. The molecular formula is C9H17NO4S. The number of hydrogen-bond acceptors (Lipinski definition) is 5. The molecule has 0 unspecified atom stereocenters. The molecule has 0 aliphatic heterocycles. The normalized spacial score (nSPS) is 11.7. The molecule has 0 aromatic carbocycles. The molecule has 1 atom stereocenters. The molecule has 0 heterocycles. The van der Waals surface area contributed by atoms with Crippen molar-refractivity contribution in [2.75, 3.05) is 19.5 Å². The van der Waals surface area contributed by atoms with Gasteiger partial charge >= 0.3 is 12.1 Å². The second kappa shape index (κ2) is 8.40. The molecule has 1 N–H and O–H groups in total. The fraction of sp³-hybridized carbons (Fsp3) is 0.778. The first-order valence-corrected chi connectivity index (χ1v) is 5.40. The highest BCUT2D eigenvalue weighted by molar-refractivity contribution is 7.80. The number of alkyl carbamates (subject to hydrolysis) is 1. The van der Waals surface area contributed by atoms with Crippen LogP contribution in [0.3, 0.4) is 0 Å². The predicted molar refractivity (Wildman–Crippen MR) is 59.0 cm³/mol. The molecule has 0 radical (unpaired) electrons. The Morgan fingerprint density at radius 2 is 2.13 bits per heavy atom. The van der Waals surface area contributed by atoms with E-state index in [0.29, 0.717) is 6.61 Å². The maximum atomic E-state index is 11.1. The zero-order valence-electron chi connectivity index (χ0n) is 8.99. The van der Waals surface area contributed by atoms with Crippen LogP contribution in [0.4, 0.5) is 4.79 Å². The Hall–Kier alpha value is -0.910. The van der Waals surface area contributed by atoms with Crippen LogP contribution in [-0.4, -0.2) is 37.6 Å². The molecule has 0 saturated heterocycles. The molecule has 15 heavy (non-hydrogen) atoms. The van der Waals surface area contributed by atoms with Gasteiger partial charge in [-0.1, -0.05) is 13.3 Å². The lowest BCUT2D eigenvalue weighted by Gasteiger charge is -2.13. The lowest BCUT2D eigenvalue weighted by Crippen LogP contribution is -2.43. The third-order valence-corrected chi connectivity index (χ3v) is 2.06. The fourth-order valence-electron chi connectivity index (χ4n) is 0.814. The van der Waals surface area contributed by atoms with Crippen LogP contribution >= 0.6 is 12.6 Å². The van der Waals surface area contributed by atoms with Crippen LogP contribution in [0.2, 0.25) is 0 Å². The van der Waals surface area contributed by atoms with Gasteiger partial charge in [0.15, 0.2) is 0 Å². The zero-order valence-corrected chi connectivity index (χ0v) is 9.88. The number of rotatable bonds is 6. The smallest absolute Gasteiger partial charge is 0.407 e. The van der Waals surface area contributed by atoms with Gasteiger partial charge in [0.1, 0.15) is 6.04 Å². The van der Waals surface area contributed by atoms with Crippen LogP contribution in [-0.2, 0) is 14.3 Å². The van der Waals surface area contributed by atoms with E-state index in [9.17, 15) is 9.59 Å². The Labute approximate surface area is 94.9 Å². The molecule has 0 aliphatic rings. The van der Waals surface area contributed by atoms with Crippen molar-refractivity contribution in [3.63, 3.8) is 0 Å². The lowest BCUT2D eigenvalue weighted by molar-refractivity contribution is -0.142. The highest BCUT2D eigenvalue weighted by atomic mass is 32.1. The van der Waals surface area contributed by atoms with Gasteiger partial charge in [0.05, 0.1) is 13.7 Å². The van der Waals surface area contributed by atoms with Gasteiger partial charge in [0, 0.05) is 5.75 Å². The Morgan fingerprint density at radius 1 is 1.47 bits per heavy atom. The highest BCUT2D eigenvalue weighted by Crippen LogP contribution is 1.94. The molecule has 0 rings (SSSR count). The molecule has 5 nitrogen and oxygen atoms in total. The number of ether oxygens (including phenoxy) is 2. The van der Waals surface area contributed by atoms with Crippen LogP contribution in [0, 0.1) is 0 Å². The third kappa shape index (κ3) is 6.22. The average molecular weight is 235 g/mol. The second-order valence-electron chi connectivity index (χ2n) is 2.89. The monoisotopic (exact) mass is 235 g/mol. The molecular weight excluding hydrogens is 218 g/mol. The van der Waals surface area contributed by atoms with Gasteiger partial charge in [-0.3, -0.25) is 0 Å². The summed E-state index contributed by atoms with van der Waals surface area (Å²) in [5.74, 6) is -0.354. The molecule has 6 heteroatoms. The van der Waals surface area contributed by atoms with E-state index in [0.717, 1.165) is 12.8 Å². The van der Waals surface area contributed by atoms with E-state index in [2.05, 4.69) is 22.7 Å². The first-order valence-electron chi connectivity index (χ1n) is 4.77. The van der Waals surface area contributed by atoms with Crippen molar-refractivity contribution < 1.29 is 19.1 Å². The molecule has 0 fully saturated rings. The number of esters is 1. The molecule has 0 bridgehead atoms. The number of carbonyl (C=O) groups excluding carboxylic acids is 2. The van der Waals surface area contributed by atoms with Crippen molar-refractivity contribution in [3.8, 4) is 0 Å². The van der Waals surface area contributed by atoms with E-state index in [1.54, 1.807) is 0 Å². The average Bonchev–Trinajstić information content (AvgIpc) is 2.25. The number of nitrogens with one attached hydrogen (secondary N) is 1. The van der Waals surface area contributed by atoms with E-state index >= 15 is 0 Å². The van der Waals surface area contributed by atoms with Crippen LogP contribution in [0.15, 0.2) is 0 Å². The minimum Gasteiger partial charge on any atom is -0.467 e. The highest BCUT2D eigenvalue weighted by Gasteiger charge is 2.20. The van der Waals surface area contributed by atoms with Crippen molar-refractivity contribution in [3.05, 3.63) is 0 Å². The molecule has 1 amide bonds. The van der Waals surface area contributed by atoms with E-state index in [1.807, 2.05) is 6.92 Å². The van der Waals surface area contributed by atoms with Crippen LogP contribution in [0.25, 0.3) is 0 Å². The lowest BCUT2D eigenvalue weighted by atomic mass is 10.3. The molecule has 0 spiro atoms. The standard InChI is InChI=1S/C9H17NO4S/c1-3-4-5-14-9(12)10-7(6-15)8(11)13-2/h7,15H,3-6H2,1-2H3,(H,10,12)/t7-/m1/s1. The molecule has 0 aromatic heterocycles. The largest absolute Gasteiger partial charge is 0.467 e. The summed E-state index contributed by atoms with van der Waals surface area (Å²) in [6.07, 6.45) is 1.13. The summed E-state index contributed by atoms with van der Waals surface area (Å²) in [6.45, 7) is 2.34. The van der Waals surface area contributed by atoms with Gasteiger partial charge in [-0.15, -0.1) is 0 Å². The Kier molecular flexibility index (Phi) is 7.89. The quantitative estimate of drug-likeness (QED) is 0.409. The molecule has 0 saturated carbocycles. The number of methoxy groups -OCH3 is 1. The summed E-state index contributed by atoms with van der Waals surface area (Å²) in [4.78, 5) is 22.2. The van der Waals surface area contributed by atoms with Gasteiger partial charge in [-0.05, 0) is 6.42 Å². The van der Waals surface area contributed by atoms with E-state index in [-0.39, 0.29) is 5.75 Å². The summed E-state index contributed by atoms with van der Waals surface area (Å²) in [6, 6.07) is -0.757. The van der Waals surface area contributed by atoms with Crippen molar-refractivity contribution in [2.24, 2.45) is 0 Å². The Balaban J connectivity index is 3.85. The molecule has 88 valence electrons. The third-order valence-electron chi connectivity index (χ3n) is 1.69. The minimum absolute atomic E-state index is 0.176. The van der Waals surface area contributed by atoms with E-state index < -0.39 is 18.1 Å². The minimum atomic E-state index is -0.757. The first-order chi connectivity index (χ1) is 7.15. The maximum Gasteiger partial charge on any atom is 0.407 e. The van der Waals surface area contributed by atoms with Gasteiger partial charge in [-0.2, -0.15) is 12.6 Å². The summed E-state index contributed by atoms with van der Waals surface area (Å²) in [5, 5.41) is 2.36. The zero-order chi connectivity index (χ0) is 11.7. The summed E-state index contributed by atoms with van der Waals surface area (Å²) in [5.41, 5.74) is 0. The summed E-state index contributed by atoms with van der Waals surface area (Å²) < 4.78 is 9.29. The molecule has 0 aromatic rings. The summed E-state index contributed by atoms with van der Waals surface area (Å²) in [7, 11) is 1.25. The SMILES string of the molecule is CCCCOC(=O)N[C@H](CS)C(=O)OC. The van der Waals surface area contributed by atoms with E-state index in [1.165, 1.54) is 7.11 Å². The Bertz CT molecular complexity index is 210. The van der Waals surface area contributed by atoms with Crippen molar-refractivity contribution >= 4 is 24.7 Å². The number of unbranched alkanes of at least 4 members (excludes halogenated alkanes) is 1. The summed E-state index contributed by atoms with van der Waals surface area (Å²) >= 11 is 3.92. The Morgan fingerprint density at radius 3 is 2.60 bits per heavy atom. The van der Waals surface area contributed by atoms with Crippen LogP contribution in [0.1, 0.15) is 19.8 Å². The van der Waals surface area contributed by atoms with Gasteiger partial charge in [-0.25, -0.2) is 9.59 Å². The topological polar surface area (TPSA) is 64.6 Å². The number of amides is 1. The second-order valence-corrected chi connectivity index (χ2v) is 3.26. The van der Waals surface area contributed by atoms with Crippen molar-refractivity contribution in [1.29, 1.82) is 0 Å². The van der Waals surface area contributed by atoms with E-state index in [4.69, 9.17) is 4.74 Å². The number of hydrogen-bond donors (Lipinski definition) is 2.